The molecule has 4 nitrogen and oxygen atoms in total. The van der Waals surface area contributed by atoms with Gasteiger partial charge in [0.15, 0.2) is 11.6 Å². The molecule has 3 aromatic rings. The van der Waals surface area contributed by atoms with Crippen molar-refractivity contribution in [2.24, 2.45) is 0 Å². The summed E-state index contributed by atoms with van der Waals surface area (Å²) in [6.45, 7) is 0. The van der Waals surface area contributed by atoms with Gasteiger partial charge in [-0.1, -0.05) is 22.8 Å². The van der Waals surface area contributed by atoms with Gasteiger partial charge in [0.2, 0.25) is 5.82 Å². The molecule has 0 bridgehead atoms. The van der Waals surface area contributed by atoms with Crippen LogP contribution >= 0.6 is 11.6 Å². The van der Waals surface area contributed by atoms with Gasteiger partial charge in [0.25, 0.3) is 5.89 Å². The first-order chi connectivity index (χ1) is 11.6. The molecular formula is C17H11ClF2N2O2. The molecule has 0 saturated heterocycles. The smallest absolute Gasteiger partial charge is 0.269 e. The van der Waals surface area contributed by atoms with E-state index in [1.54, 1.807) is 31.4 Å². The van der Waals surface area contributed by atoms with Gasteiger partial charge in [-0.05, 0) is 48.0 Å². The lowest BCUT2D eigenvalue weighted by atomic mass is 10.2. The maximum absolute atomic E-state index is 13.2. The molecule has 0 aliphatic carbocycles. The maximum atomic E-state index is 13.2. The minimum atomic E-state index is -0.960. The van der Waals surface area contributed by atoms with E-state index in [-0.39, 0.29) is 10.9 Å². The molecule has 0 N–H and O–H groups in total. The lowest BCUT2D eigenvalue weighted by molar-refractivity contribution is 0.410. The molecule has 0 saturated carbocycles. The van der Waals surface area contributed by atoms with Crippen LogP contribution in [0.3, 0.4) is 0 Å². The standard InChI is InChI=1S/C17H11ClF2N2O2/c1-23-12-5-3-11(4-6-12)16-21-17(24-22-16)13(18)8-10-2-7-14(19)15(20)9-10/h2-9H,1H3/b13-8-. The Morgan fingerprint density at radius 2 is 1.88 bits per heavy atom. The van der Waals surface area contributed by atoms with Crippen molar-refractivity contribution in [2.75, 3.05) is 7.11 Å². The predicted octanol–water partition coefficient (Wildman–Crippen LogP) is 4.76. The van der Waals surface area contributed by atoms with Crippen LogP contribution in [0.15, 0.2) is 47.0 Å². The molecular weight excluding hydrogens is 338 g/mol. The number of aromatic nitrogens is 2. The fourth-order valence-electron chi connectivity index (χ4n) is 1.99. The topological polar surface area (TPSA) is 48.2 Å². The highest BCUT2D eigenvalue weighted by Crippen LogP contribution is 2.25. The Hall–Kier alpha value is -2.73. The Kier molecular flexibility index (Phi) is 4.57. The number of hydrogen-bond acceptors (Lipinski definition) is 4. The van der Waals surface area contributed by atoms with Gasteiger partial charge in [0.05, 0.1) is 7.11 Å². The summed E-state index contributed by atoms with van der Waals surface area (Å²) >= 11 is 6.11. The van der Waals surface area contributed by atoms with Gasteiger partial charge in [-0.25, -0.2) is 8.78 Å². The lowest BCUT2D eigenvalue weighted by Gasteiger charge is -1.99. The lowest BCUT2D eigenvalue weighted by Crippen LogP contribution is -1.85. The summed E-state index contributed by atoms with van der Waals surface area (Å²) in [5.41, 5.74) is 1.10. The van der Waals surface area contributed by atoms with Crippen LogP contribution in [0.25, 0.3) is 22.5 Å². The molecule has 0 amide bonds. The number of nitrogens with zero attached hydrogens (tertiary/aromatic N) is 2. The summed E-state index contributed by atoms with van der Waals surface area (Å²) < 4.78 is 36.3. The van der Waals surface area contributed by atoms with Crippen molar-refractivity contribution in [3.8, 4) is 17.1 Å². The number of halogens is 3. The molecule has 1 heterocycles. The largest absolute Gasteiger partial charge is 0.497 e. The number of hydrogen-bond donors (Lipinski definition) is 0. The monoisotopic (exact) mass is 348 g/mol. The predicted molar refractivity (Wildman–Crippen MR) is 86.4 cm³/mol. The van der Waals surface area contributed by atoms with Crippen LogP contribution in [0.1, 0.15) is 11.5 Å². The highest BCUT2D eigenvalue weighted by Gasteiger charge is 2.12. The van der Waals surface area contributed by atoms with E-state index in [0.29, 0.717) is 17.1 Å². The number of rotatable bonds is 4. The minimum absolute atomic E-state index is 0.0761. The van der Waals surface area contributed by atoms with E-state index >= 15 is 0 Å². The minimum Gasteiger partial charge on any atom is -0.497 e. The fourth-order valence-corrected chi connectivity index (χ4v) is 2.19. The second-order valence-corrected chi connectivity index (χ2v) is 5.22. The average Bonchev–Trinajstić information content (AvgIpc) is 3.08. The molecule has 2 aromatic carbocycles. The number of benzene rings is 2. The highest BCUT2D eigenvalue weighted by molar-refractivity contribution is 6.50. The molecule has 0 fully saturated rings. The second kappa shape index (κ2) is 6.80. The molecule has 24 heavy (non-hydrogen) atoms. The van der Waals surface area contributed by atoms with Crippen LogP contribution in [-0.2, 0) is 0 Å². The van der Waals surface area contributed by atoms with E-state index in [2.05, 4.69) is 10.1 Å². The summed E-state index contributed by atoms with van der Waals surface area (Å²) in [5.74, 6) is -0.754. The van der Waals surface area contributed by atoms with Gasteiger partial charge in [-0.3, -0.25) is 0 Å². The van der Waals surface area contributed by atoms with Crippen molar-refractivity contribution >= 4 is 22.7 Å². The molecule has 0 unspecified atom stereocenters. The Labute approximate surface area is 141 Å². The maximum Gasteiger partial charge on any atom is 0.269 e. The van der Waals surface area contributed by atoms with Crippen LogP contribution in [0, 0.1) is 11.6 Å². The molecule has 0 aliphatic rings. The fraction of sp³-hybridized carbons (Fsp3) is 0.0588. The third-order valence-corrected chi connectivity index (χ3v) is 3.49. The Bertz CT molecular complexity index is 892. The number of methoxy groups -OCH3 is 1. The molecule has 7 heteroatoms. The van der Waals surface area contributed by atoms with Gasteiger partial charge in [-0.15, -0.1) is 0 Å². The van der Waals surface area contributed by atoms with Crippen molar-refractivity contribution in [2.45, 2.75) is 0 Å². The Morgan fingerprint density at radius 3 is 2.54 bits per heavy atom. The van der Waals surface area contributed by atoms with Crippen LogP contribution in [-0.4, -0.2) is 17.3 Å². The first-order valence-electron chi connectivity index (χ1n) is 6.87. The summed E-state index contributed by atoms with van der Waals surface area (Å²) in [6.07, 6.45) is 1.41. The van der Waals surface area contributed by atoms with E-state index in [4.69, 9.17) is 20.9 Å². The molecule has 0 aliphatic heterocycles. The Morgan fingerprint density at radius 1 is 1.12 bits per heavy atom. The molecule has 3 rings (SSSR count). The number of ether oxygens (including phenoxy) is 1. The van der Waals surface area contributed by atoms with Crippen LogP contribution < -0.4 is 4.74 Å². The molecule has 1 aromatic heterocycles. The van der Waals surface area contributed by atoms with Crippen LogP contribution in [0.4, 0.5) is 8.78 Å². The Balaban J connectivity index is 1.85. The van der Waals surface area contributed by atoms with Gasteiger partial charge < -0.3 is 9.26 Å². The van der Waals surface area contributed by atoms with E-state index in [0.717, 1.165) is 17.7 Å². The van der Waals surface area contributed by atoms with E-state index in [1.165, 1.54) is 12.1 Å². The van der Waals surface area contributed by atoms with Gasteiger partial charge in [0, 0.05) is 5.56 Å². The summed E-state index contributed by atoms with van der Waals surface area (Å²) in [6, 6.07) is 10.5. The summed E-state index contributed by atoms with van der Waals surface area (Å²) in [5, 5.41) is 3.97. The average molecular weight is 349 g/mol. The normalized spacial score (nSPS) is 11.6. The van der Waals surface area contributed by atoms with Gasteiger partial charge >= 0.3 is 0 Å². The summed E-state index contributed by atoms with van der Waals surface area (Å²) in [7, 11) is 1.57. The van der Waals surface area contributed by atoms with Crippen LogP contribution in [0.5, 0.6) is 5.75 Å². The molecule has 0 spiro atoms. The highest BCUT2D eigenvalue weighted by atomic mass is 35.5. The van der Waals surface area contributed by atoms with Crippen molar-refractivity contribution in [3.63, 3.8) is 0 Å². The van der Waals surface area contributed by atoms with Crippen molar-refractivity contribution in [3.05, 3.63) is 65.6 Å². The van der Waals surface area contributed by atoms with E-state index < -0.39 is 11.6 Å². The van der Waals surface area contributed by atoms with Gasteiger partial charge in [-0.2, -0.15) is 4.98 Å². The molecule has 0 radical (unpaired) electrons. The van der Waals surface area contributed by atoms with Crippen molar-refractivity contribution < 1.29 is 18.0 Å². The quantitative estimate of drug-likeness (QED) is 0.682. The summed E-state index contributed by atoms with van der Waals surface area (Å²) in [4.78, 5) is 4.19. The van der Waals surface area contributed by atoms with E-state index in [1.807, 2.05) is 0 Å². The van der Waals surface area contributed by atoms with E-state index in [9.17, 15) is 8.78 Å². The zero-order valence-electron chi connectivity index (χ0n) is 12.5. The third kappa shape index (κ3) is 3.44. The third-order valence-electron chi connectivity index (χ3n) is 3.22. The first-order valence-corrected chi connectivity index (χ1v) is 7.25. The first kappa shape index (κ1) is 16.1. The van der Waals surface area contributed by atoms with Crippen molar-refractivity contribution in [1.29, 1.82) is 0 Å². The SMILES string of the molecule is COc1ccc(-c2noc(/C(Cl)=C/c3ccc(F)c(F)c3)n2)cc1. The van der Waals surface area contributed by atoms with Crippen molar-refractivity contribution in [1.82, 2.24) is 10.1 Å². The molecule has 0 atom stereocenters. The molecule has 122 valence electrons. The van der Waals surface area contributed by atoms with Crippen LogP contribution in [0.2, 0.25) is 0 Å². The van der Waals surface area contributed by atoms with Gasteiger partial charge in [0.1, 0.15) is 10.8 Å². The zero-order chi connectivity index (χ0) is 17.1. The zero-order valence-corrected chi connectivity index (χ0v) is 13.2. The second-order valence-electron chi connectivity index (χ2n) is 4.82.